The third-order valence-corrected chi connectivity index (χ3v) is 4.94. The van der Waals surface area contributed by atoms with Crippen LogP contribution in [0.15, 0.2) is 54.6 Å². The van der Waals surface area contributed by atoms with Crippen LogP contribution < -0.4 is 19.7 Å². The van der Waals surface area contributed by atoms with Gasteiger partial charge in [0.05, 0.1) is 13.7 Å². The third-order valence-electron chi connectivity index (χ3n) is 4.94. The number of hydrogen-bond acceptors (Lipinski definition) is 6. The van der Waals surface area contributed by atoms with Gasteiger partial charge in [-0.1, -0.05) is 18.2 Å². The van der Waals surface area contributed by atoms with Gasteiger partial charge in [0.25, 0.3) is 0 Å². The number of nitrogens with zero attached hydrogens (tertiary/aromatic N) is 3. The molecule has 0 amide bonds. The van der Waals surface area contributed by atoms with Crippen molar-refractivity contribution in [1.82, 2.24) is 9.97 Å². The number of hydrogen-bond donors (Lipinski definition) is 1. The van der Waals surface area contributed by atoms with Crippen molar-refractivity contribution in [2.45, 2.75) is 19.8 Å². The number of methoxy groups -OCH3 is 1. The first-order chi connectivity index (χ1) is 14.2. The standard InChI is InChI=1S/C23H26N4O2/c1-17-16-22(27-14-5-7-18-6-3-4-8-21(18)27)26-23(25-17)24-13-15-29-20-11-9-19(28-2)10-12-20/h3-4,6,8-12,16H,5,7,13-15H2,1-2H3,(H,24,25,26). The largest absolute Gasteiger partial charge is 0.497 e. The Hall–Kier alpha value is -3.28. The molecule has 4 rings (SSSR count). The second-order valence-corrected chi connectivity index (χ2v) is 7.03. The molecule has 1 aliphatic rings. The van der Waals surface area contributed by atoms with Gasteiger partial charge in [-0.15, -0.1) is 0 Å². The molecule has 29 heavy (non-hydrogen) atoms. The van der Waals surface area contributed by atoms with Crippen molar-refractivity contribution in [2.75, 3.05) is 37.0 Å². The fraction of sp³-hybridized carbons (Fsp3) is 0.304. The highest BCUT2D eigenvalue weighted by Gasteiger charge is 2.19. The molecule has 0 saturated carbocycles. The Labute approximate surface area is 171 Å². The molecule has 6 nitrogen and oxygen atoms in total. The number of anilines is 3. The Morgan fingerprint density at radius 3 is 2.66 bits per heavy atom. The highest BCUT2D eigenvalue weighted by atomic mass is 16.5. The van der Waals surface area contributed by atoms with Crippen LogP contribution in [-0.2, 0) is 6.42 Å². The molecule has 1 N–H and O–H groups in total. The van der Waals surface area contributed by atoms with Gasteiger partial charge in [-0.05, 0) is 55.7 Å². The summed E-state index contributed by atoms with van der Waals surface area (Å²) in [6, 6.07) is 18.2. The van der Waals surface area contributed by atoms with Gasteiger partial charge in [-0.3, -0.25) is 0 Å². The van der Waals surface area contributed by atoms with E-state index in [0.29, 0.717) is 19.1 Å². The third kappa shape index (κ3) is 4.59. The van der Waals surface area contributed by atoms with E-state index in [9.17, 15) is 0 Å². The van der Waals surface area contributed by atoms with Gasteiger partial charge in [0, 0.05) is 24.0 Å². The quantitative estimate of drug-likeness (QED) is 0.605. The zero-order valence-corrected chi connectivity index (χ0v) is 16.9. The molecule has 3 aromatic rings. The number of benzene rings is 2. The smallest absolute Gasteiger partial charge is 0.224 e. The molecular weight excluding hydrogens is 364 g/mol. The van der Waals surface area contributed by atoms with Gasteiger partial charge in [0.15, 0.2) is 0 Å². The number of fused-ring (bicyclic) bond motifs is 1. The van der Waals surface area contributed by atoms with E-state index in [1.807, 2.05) is 37.3 Å². The van der Waals surface area contributed by atoms with Crippen LogP contribution in [0.25, 0.3) is 0 Å². The van der Waals surface area contributed by atoms with Crippen LogP contribution >= 0.6 is 0 Å². The molecule has 0 bridgehead atoms. The lowest BCUT2D eigenvalue weighted by Crippen LogP contribution is -2.26. The highest BCUT2D eigenvalue weighted by molar-refractivity contribution is 5.66. The van der Waals surface area contributed by atoms with Gasteiger partial charge >= 0.3 is 0 Å². The fourth-order valence-corrected chi connectivity index (χ4v) is 3.54. The second kappa shape index (κ2) is 8.82. The first-order valence-corrected chi connectivity index (χ1v) is 9.95. The maximum absolute atomic E-state index is 5.77. The first-order valence-electron chi connectivity index (χ1n) is 9.95. The molecule has 6 heteroatoms. The molecule has 0 saturated heterocycles. The van der Waals surface area contributed by atoms with E-state index >= 15 is 0 Å². The van der Waals surface area contributed by atoms with Crippen molar-refractivity contribution in [1.29, 1.82) is 0 Å². The van der Waals surface area contributed by atoms with E-state index < -0.39 is 0 Å². The minimum atomic E-state index is 0.519. The Kier molecular flexibility index (Phi) is 5.79. The first kappa shape index (κ1) is 19.1. The molecular formula is C23H26N4O2. The van der Waals surface area contributed by atoms with Crippen molar-refractivity contribution in [3.63, 3.8) is 0 Å². The molecule has 2 heterocycles. The van der Waals surface area contributed by atoms with E-state index in [-0.39, 0.29) is 0 Å². The predicted octanol–water partition coefficient (Wildman–Crippen LogP) is 4.37. The van der Waals surface area contributed by atoms with E-state index in [4.69, 9.17) is 14.5 Å². The maximum Gasteiger partial charge on any atom is 0.224 e. The second-order valence-electron chi connectivity index (χ2n) is 7.03. The minimum Gasteiger partial charge on any atom is -0.497 e. The molecule has 0 fully saturated rings. The van der Waals surface area contributed by atoms with Crippen LogP contribution in [0.2, 0.25) is 0 Å². The summed E-state index contributed by atoms with van der Waals surface area (Å²) in [5, 5.41) is 3.28. The number of para-hydroxylation sites is 1. The topological polar surface area (TPSA) is 59.5 Å². The van der Waals surface area contributed by atoms with Crippen LogP contribution in [0.5, 0.6) is 11.5 Å². The molecule has 0 unspecified atom stereocenters. The summed E-state index contributed by atoms with van der Waals surface area (Å²) < 4.78 is 10.9. The number of nitrogens with one attached hydrogen (secondary N) is 1. The lowest BCUT2D eigenvalue weighted by Gasteiger charge is -2.30. The molecule has 0 atom stereocenters. The van der Waals surface area contributed by atoms with Crippen LogP contribution in [0.4, 0.5) is 17.5 Å². The van der Waals surface area contributed by atoms with Crippen LogP contribution in [-0.4, -0.2) is 36.8 Å². The van der Waals surface area contributed by atoms with Crippen molar-refractivity contribution >= 4 is 17.5 Å². The van der Waals surface area contributed by atoms with Gasteiger partial charge in [-0.2, -0.15) is 4.98 Å². The Bertz CT molecular complexity index is 959. The summed E-state index contributed by atoms with van der Waals surface area (Å²) in [5.41, 5.74) is 3.56. The predicted molar refractivity (Wildman–Crippen MR) is 116 cm³/mol. The average Bonchev–Trinajstić information content (AvgIpc) is 2.76. The van der Waals surface area contributed by atoms with Crippen LogP contribution in [0.1, 0.15) is 17.7 Å². The van der Waals surface area contributed by atoms with Crippen molar-refractivity contribution < 1.29 is 9.47 Å². The fourth-order valence-electron chi connectivity index (χ4n) is 3.54. The molecule has 2 aromatic carbocycles. The van der Waals surface area contributed by atoms with Gasteiger partial charge < -0.3 is 19.7 Å². The number of aryl methyl sites for hydroxylation is 2. The van der Waals surface area contributed by atoms with E-state index in [2.05, 4.69) is 39.5 Å². The Morgan fingerprint density at radius 2 is 1.83 bits per heavy atom. The summed E-state index contributed by atoms with van der Waals surface area (Å²) in [5.74, 6) is 3.18. The molecule has 0 spiro atoms. The summed E-state index contributed by atoms with van der Waals surface area (Å²) >= 11 is 0. The summed E-state index contributed by atoms with van der Waals surface area (Å²) in [7, 11) is 1.65. The SMILES string of the molecule is COc1ccc(OCCNc2nc(C)cc(N3CCCc4ccccc43)n2)cc1. The zero-order valence-electron chi connectivity index (χ0n) is 16.9. The monoisotopic (exact) mass is 390 g/mol. The lowest BCUT2D eigenvalue weighted by molar-refractivity contribution is 0.331. The van der Waals surface area contributed by atoms with E-state index in [1.165, 1.54) is 11.3 Å². The van der Waals surface area contributed by atoms with Gasteiger partial charge in [-0.25, -0.2) is 4.98 Å². The van der Waals surface area contributed by atoms with E-state index in [0.717, 1.165) is 42.4 Å². The molecule has 0 radical (unpaired) electrons. The molecule has 0 aliphatic carbocycles. The number of rotatable bonds is 7. The Balaban J connectivity index is 1.40. The lowest BCUT2D eigenvalue weighted by atomic mass is 10.0. The van der Waals surface area contributed by atoms with Crippen LogP contribution in [0, 0.1) is 6.92 Å². The van der Waals surface area contributed by atoms with Crippen LogP contribution in [0.3, 0.4) is 0 Å². The van der Waals surface area contributed by atoms with Gasteiger partial charge in [0.1, 0.15) is 23.9 Å². The van der Waals surface area contributed by atoms with Crippen molar-refractivity contribution in [2.24, 2.45) is 0 Å². The number of ether oxygens (including phenoxy) is 2. The number of aromatic nitrogens is 2. The van der Waals surface area contributed by atoms with E-state index in [1.54, 1.807) is 7.11 Å². The van der Waals surface area contributed by atoms with Gasteiger partial charge in [0.2, 0.25) is 5.95 Å². The molecule has 1 aromatic heterocycles. The maximum atomic E-state index is 5.77. The zero-order chi connectivity index (χ0) is 20.1. The highest BCUT2D eigenvalue weighted by Crippen LogP contribution is 2.32. The van der Waals surface area contributed by atoms with Crippen molar-refractivity contribution in [3.05, 3.63) is 65.9 Å². The molecule has 150 valence electrons. The summed E-state index contributed by atoms with van der Waals surface area (Å²) in [4.78, 5) is 11.6. The average molecular weight is 390 g/mol. The molecule has 1 aliphatic heterocycles. The van der Waals surface area contributed by atoms with Crippen molar-refractivity contribution in [3.8, 4) is 11.5 Å². The summed E-state index contributed by atoms with van der Waals surface area (Å²) in [6.07, 6.45) is 2.24. The minimum absolute atomic E-state index is 0.519. The summed E-state index contributed by atoms with van der Waals surface area (Å²) in [6.45, 7) is 4.10. The normalized spacial score (nSPS) is 13.0. The Morgan fingerprint density at radius 1 is 1.03 bits per heavy atom.